The number of benzene rings is 1. The van der Waals surface area contributed by atoms with E-state index in [1.165, 1.54) is 11.1 Å². The second kappa shape index (κ2) is 10.3. The van der Waals surface area contributed by atoms with Crippen molar-refractivity contribution in [1.82, 2.24) is 9.88 Å². The molecule has 0 radical (unpaired) electrons. The number of fused-ring (bicyclic) bond motifs is 1. The molecular formula is C23H26N2O6. The molecule has 2 atom stereocenters. The van der Waals surface area contributed by atoms with Crippen molar-refractivity contribution in [2.75, 3.05) is 13.1 Å². The molecule has 0 spiro atoms. The fraction of sp³-hybridized carbons (Fsp3) is 0.391. The monoisotopic (exact) mass is 426 g/mol. The molecule has 1 aromatic heterocycles. The molecule has 1 aromatic carbocycles. The summed E-state index contributed by atoms with van der Waals surface area (Å²) in [4.78, 5) is 37.2. The average molecular weight is 426 g/mol. The molecule has 1 fully saturated rings. The highest BCUT2D eigenvalue weighted by Gasteiger charge is 2.35. The van der Waals surface area contributed by atoms with Crippen LogP contribution in [0.25, 0.3) is 0 Å². The van der Waals surface area contributed by atoms with E-state index in [2.05, 4.69) is 28.1 Å². The van der Waals surface area contributed by atoms with Gasteiger partial charge in [0.15, 0.2) is 5.78 Å². The van der Waals surface area contributed by atoms with Crippen molar-refractivity contribution >= 4 is 17.7 Å². The quantitative estimate of drug-likeness (QED) is 0.499. The fourth-order valence-electron chi connectivity index (χ4n) is 4.29. The van der Waals surface area contributed by atoms with Crippen LogP contribution in [0.5, 0.6) is 0 Å². The molecule has 2 aromatic rings. The maximum absolute atomic E-state index is 12.6. The Morgan fingerprint density at radius 3 is 2.06 bits per heavy atom. The van der Waals surface area contributed by atoms with Crippen molar-refractivity contribution in [2.45, 2.75) is 37.8 Å². The third-order valence-corrected chi connectivity index (χ3v) is 5.92. The summed E-state index contributed by atoms with van der Waals surface area (Å²) in [6.07, 6.45) is 6.39. The summed E-state index contributed by atoms with van der Waals surface area (Å²) in [6.45, 7) is 1.75. The van der Waals surface area contributed by atoms with Gasteiger partial charge in [-0.25, -0.2) is 9.59 Å². The minimum atomic E-state index is -1.82. The van der Waals surface area contributed by atoms with E-state index in [0.29, 0.717) is 5.56 Å². The van der Waals surface area contributed by atoms with E-state index in [-0.39, 0.29) is 23.8 Å². The number of hydrogen-bond donors (Lipinski definition) is 3. The van der Waals surface area contributed by atoms with Gasteiger partial charge in [0.2, 0.25) is 0 Å². The van der Waals surface area contributed by atoms with E-state index >= 15 is 0 Å². The molecule has 1 aliphatic carbocycles. The lowest BCUT2D eigenvalue weighted by Gasteiger charge is -2.41. The smallest absolute Gasteiger partial charge is 0.414 e. The van der Waals surface area contributed by atoms with Crippen LogP contribution in [0.3, 0.4) is 0 Å². The Morgan fingerprint density at radius 1 is 0.903 bits per heavy atom. The number of Topliss-reactive ketones (excluding diaryl/α,β-unsaturated/α-hetero) is 1. The van der Waals surface area contributed by atoms with E-state index in [9.17, 15) is 9.90 Å². The van der Waals surface area contributed by atoms with Crippen LogP contribution in [-0.2, 0) is 22.4 Å². The van der Waals surface area contributed by atoms with Crippen LogP contribution in [0.15, 0.2) is 48.8 Å². The number of aromatic nitrogens is 1. The first-order valence-electron chi connectivity index (χ1n) is 10.3. The second-order valence-electron chi connectivity index (χ2n) is 7.84. The Labute approximate surface area is 180 Å². The van der Waals surface area contributed by atoms with Crippen LogP contribution in [0.4, 0.5) is 0 Å². The molecule has 2 aliphatic rings. The molecule has 0 unspecified atom stereocenters. The SMILES string of the molecule is O=C(O)C(=O)O.O=C(c1cccnc1)C1CCN([C@H]2Cc3ccccc3C[C@@H]2O)CC1. The van der Waals surface area contributed by atoms with Crippen LogP contribution in [-0.4, -0.2) is 68.2 Å². The van der Waals surface area contributed by atoms with Gasteiger partial charge in [0.1, 0.15) is 0 Å². The lowest BCUT2D eigenvalue weighted by Crippen LogP contribution is -2.51. The minimum Gasteiger partial charge on any atom is -0.473 e. The zero-order valence-corrected chi connectivity index (χ0v) is 17.1. The molecule has 1 aliphatic heterocycles. The molecule has 0 amide bonds. The van der Waals surface area contributed by atoms with Crippen LogP contribution in [0.2, 0.25) is 0 Å². The molecular weight excluding hydrogens is 400 g/mol. The van der Waals surface area contributed by atoms with Crippen molar-refractivity contribution in [3.8, 4) is 0 Å². The largest absolute Gasteiger partial charge is 0.473 e. The highest BCUT2D eigenvalue weighted by atomic mass is 16.4. The number of piperidine rings is 1. The van der Waals surface area contributed by atoms with Gasteiger partial charge in [-0.2, -0.15) is 0 Å². The number of hydrogen-bond acceptors (Lipinski definition) is 6. The molecule has 3 N–H and O–H groups in total. The van der Waals surface area contributed by atoms with Crippen molar-refractivity contribution < 1.29 is 29.7 Å². The zero-order chi connectivity index (χ0) is 22.4. The van der Waals surface area contributed by atoms with Gasteiger partial charge in [-0.1, -0.05) is 24.3 Å². The summed E-state index contributed by atoms with van der Waals surface area (Å²) in [5.74, 6) is -3.36. The van der Waals surface area contributed by atoms with E-state index < -0.39 is 11.9 Å². The molecule has 0 bridgehead atoms. The molecule has 0 saturated carbocycles. The van der Waals surface area contributed by atoms with E-state index in [1.54, 1.807) is 12.4 Å². The third kappa shape index (κ3) is 5.74. The number of carbonyl (C=O) groups is 3. The zero-order valence-electron chi connectivity index (χ0n) is 17.1. The first kappa shape index (κ1) is 22.6. The molecule has 2 heterocycles. The van der Waals surface area contributed by atoms with Crippen LogP contribution in [0, 0.1) is 5.92 Å². The number of nitrogens with zero attached hydrogens (tertiary/aromatic N) is 2. The van der Waals surface area contributed by atoms with E-state index in [4.69, 9.17) is 19.8 Å². The number of carboxylic acid groups (broad SMARTS) is 2. The molecule has 1 saturated heterocycles. The number of pyridine rings is 1. The van der Waals surface area contributed by atoms with Gasteiger partial charge in [0, 0.05) is 36.3 Å². The highest BCUT2D eigenvalue weighted by Crippen LogP contribution is 2.29. The van der Waals surface area contributed by atoms with Crippen molar-refractivity contribution in [1.29, 1.82) is 0 Å². The minimum absolute atomic E-state index is 0.0773. The lowest BCUT2D eigenvalue weighted by molar-refractivity contribution is -0.159. The van der Waals surface area contributed by atoms with E-state index in [0.717, 1.165) is 38.8 Å². The van der Waals surface area contributed by atoms with Crippen LogP contribution in [0.1, 0.15) is 34.3 Å². The lowest BCUT2D eigenvalue weighted by atomic mass is 9.83. The maximum atomic E-state index is 12.6. The number of carbonyl (C=O) groups excluding carboxylic acids is 1. The number of carboxylic acids is 2. The number of aliphatic carboxylic acids is 2. The summed E-state index contributed by atoms with van der Waals surface area (Å²) in [7, 11) is 0. The van der Waals surface area contributed by atoms with Gasteiger partial charge < -0.3 is 15.3 Å². The third-order valence-electron chi connectivity index (χ3n) is 5.92. The molecule has 4 rings (SSSR count). The normalized spacial score (nSPS) is 21.3. The first-order chi connectivity index (χ1) is 14.9. The van der Waals surface area contributed by atoms with Gasteiger partial charge in [-0.15, -0.1) is 0 Å². The topological polar surface area (TPSA) is 128 Å². The maximum Gasteiger partial charge on any atom is 0.414 e. The predicted molar refractivity (Wildman–Crippen MR) is 112 cm³/mol. The van der Waals surface area contributed by atoms with Gasteiger partial charge in [0.25, 0.3) is 0 Å². The number of rotatable bonds is 3. The summed E-state index contributed by atoms with van der Waals surface area (Å²) in [5, 5.41) is 25.4. The standard InChI is InChI=1S/C21H24N2O2.C2H2O4/c24-20-13-17-5-2-1-4-16(17)12-19(20)23-10-7-15(8-11-23)21(25)18-6-3-9-22-14-18;3-1(4)2(5)6/h1-6,9,14-15,19-20,24H,7-8,10-13H2;(H,3,4)(H,5,6)/t19-,20-;/m0./s1. The number of aliphatic hydroxyl groups is 1. The van der Waals surface area contributed by atoms with Gasteiger partial charge in [0.05, 0.1) is 6.10 Å². The van der Waals surface area contributed by atoms with Gasteiger partial charge in [-0.05, 0) is 55.6 Å². The highest BCUT2D eigenvalue weighted by molar-refractivity contribution is 6.27. The first-order valence-corrected chi connectivity index (χ1v) is 10.3. The Hall–Kier alpha value is -3.10. The number of likely N-dealkylation sites (tertiary alicyclic amines) is 1. The summed E-state index contributed by atoms with van der Waals surface area (Å²) in [6, 6.07) is 12.3. The Morgan fingerprint density at radius 2 is 1.52 bits per heavy atom. The summed E-state index contributed by atoms with van der Waals surface area (Å²) >= 11 is 0. The summed E-state index contributed by atoms with van der Waals surface area (Å²) in [5.41, 5.74) is 3.34. The second-order valence-corrected chi connectivity index (χ2v) is 7.84. The molecule has 164 valence electrons. The average Bonchev–Trinajstić information content (AvgIpc) is 2.79. The van der Waals surface area contributed by atoms with Crippen molar-refractivity contribution in [2.24, 2.45) is 5.92 Å². The van der Waals surface area contributed by atoms with E-state index in [1.807, 2.05) is 18.2 Å². The molecule has 31 heavy (non-hydrogen) atoms. The summed E-state index contributed by atoms with van der Waals surface area (Å²) < 4.78 is 0. The predicted octanol–water partition coefficient (Wildman–Crippen LogP) is 1.66. The van der Waals surface area contributed by atoms with Crippen molar-refractivity contribution in [3.05, 3.63) is 65.5 Å². The number of ketones is 1. The molecule has 8 heteroatoms. The van der Waals surface area contributed by atoms with Gasteiger partial charge in [-0.3, -0.25) is 14.7 Å². The van der Waals surface area contributed by atoms with Gasteiger partial charge >= 0.3 is 11.9 Å². The van der Waals surface area contributed by atoms with Crippen LogP contribution >= 0.6 is 0 Å². The Balaban J connectivity index is 0.000000401. The Bertz CT molecular complexity index is 913. The Kier molecular flexibility index (Phi) is 7.49. The van der Waals surface area contributed by atoms with Crippen molar-refractivity contribution in [3.63, 3.8) is 0 Å². The molecule has 8 nitrogen and oxygen atoms in total. The fourth-order valence-corrected chi connectivity index (χ4v) is 4.29. The number of aliphatic hydroxyl groups excluding tert-OH is 1. The van der Waals surface area contributed by atoms with Crippen LogP contribution < -0.4 is 0 Å².